The summed E-state index contributed by atoms with van der Waals surface area (Å²) in [6.07, 6.45) is 0.448. The fourth-order valence-corrected chi connectivity index (χ4v) is 3.25. The average molecular weight is 335 g/mol. The monoisotopic (exact) mass is 335 g/mol. The average Bonchev–Trinajstić information content (AvgIpc) is 2.92. The Hall–Kier alpha value is -1.02. The Kier molecular flexibility index (Phi) is 6.95. The summed E-state index contributed by atoms with van der Waals surface area (Å²) >= 11 is 0. The van der Waals surface area contributed by atoms with Crippen LogP contribution >= 0.6 is 0 Å². The van der Waals surface area contributed by atoms with E-state index in [2.05, 4.69) is 20.5 Å². The van der Waals surface area contributed by atoms with Crippen LogP contribution in [0.5, 0.6) is 0 Å². The van der Waals surface area contributed by atoms with Crippen molar-refractivity contribution in [2.24, 2.45) is 4.99 Å². The minimum absolute atomic E-state index is 0.0264. The zero-order chi connectivity index (χ0) is 16.7. The topological polar surface area (TPSA) is 42.9 Å². The first kappa shape index (κ1) is 18.3. The van der Waals surface area contributed by atoms with Gasteiger partial charge in [0, 0.05) is 39.3 Å². The van der Waals surface area contributed by atoms with Crippen LogP contribution in [0.3, 0.4) is 0 Å². The third-order valence-corrected chi connectivity index (χ3v) is 4.41. The molecule has 0 aromatic heterocycles. The molecule has 2 N–H and O–H groups in total. The van der Waals surface area contributed by atoms with Gasteiger partial charge in [-0.2, -0.15) is 13.2 Å². The van der Waals surface area contributed by atoms with E-state index in [4.69, 9.17) is 0 Å². The number of piperidine rings is 1. The highest BCUT2D eigenvalue weighted by atomic mass is 19.4. The standard InChI is InChI=1S/C15H28F3N5/c1-19-14(20-6-10-22-7-3-2-4-8-22)21-13-5-9-23(11-13)12-15(16,17)18/h13H,2-12H2,1H3,(H2,19,20,21). The van der Waals surface area contributed by atoms with Crippen LogP contribution in [0.1, 0.15) is 25.7 Å². The van der Waals surface area contributed by atoms with Crippen molar-refractivity contribution in [3.63, 3.8) is 0 Å². The van der Waals surface area contributed by atoms with Crippen molar-refractivity contribution in [3.8, 4) is 0 Å². The zero-order valence-electron chi connectivity index (χ0n) is 13.8. The van der Waals surface area contributed by atoms with Crippen LogP contribution in [-0.4, -0.2) is 80.8 Å². The maximum absolute atomic E-state index is 12.4. The van der Waals surface area contributed by atoms with Crippen molar-refractivity contribution in [3.05, 3.63) is 0 Å². The van der Waals surface area contributed by atoms with E-state index in [0.29, 0.717) is 25.5 Å². The Labute approximate surface area is 136 Å². The van der Waals surface area contributed by atoms with Crippen LogP contribution in [0.2, 0.25) is 0 Å². The molecule has 134 valence electrons. The molecule has 0 spiro atoms. The lowest BCUT2D eigenvalue weighted by Gasteiger charge is -2.27. The van der Waals surface area contributed by atoms with Crippen molar-refractivity contribution in [2.75, 3.05) is 52.9 Å². The van der Waals surface area contributed by atoms with Gasteiger partial charge < -0.3 is 15.5 Å². The van der Waals surface area contributed by atoms with Crippen molar-refractivity contribution >= 4 is 5.96 Å². The molecule has 0 aromatic rings. The molecule has 2 aliphatic rings. The smallest absolute Gasteiger partial charge is 0.355 e. The largest absolute Gasteiger partial charge is 0.401 e. The molecular formula is C15H28F3N5. The second-order valence-corrected chi connectivity index (χ2v) is 6.38. The molecule has 0 aromatic carbocycles. The normalized spacial score (nSPS) is 24.9. The summed E-state index contributed by atoms with van der Waals surface area (Å²) in [5.41, 5.74) is 0. The summed E-state index contributed by atoms with van der Waals surface area (Å²) < 4.78 is 37.2. The number of aliphatic imine (C=N–C) groups is 1. The fraction of sp³-hybridized carbons (Fsp3) is 0.933. The summed E-state index contributed by atoms with van der Waals surface area (Å²) in [6, 6.07) is 0.0264. The number of alkyl halides is 3. The summed E-state index contributed by atoms with van der Waals surface area (Å²) in [7, 11) is 1.69. The Bertz CT molecular complexity index is 380. The van der Waals surface area contributed by atoms with Gasteiger partial charge in [0.05, 0.1) is 6.54 Å². The van der Waals surface area contributed by atoms with Crippen LogP contribution < -0.4 is 10.6 Å². The van der Waals surface area contributed by atoms with Crippen molar-refractivity contribution < 1.29 is 13.2 Å². The molecule has 23 heavy (non-hydrogen) atoms. The first-order chi connectivity index (χ1) is 11.0. The lowest BCUT2D eigenvalue weighted by atomic mass is 10.1. The molecule has 2 aliphatic heterocycles. The number of hydrogen-bond acceptors (Lipinski definition) is 3. The van der Waals surface area contributed by atoms with Gasteiger partial charge in [-0.05, 0) is 32.4 Å². The number of halogens is 3. The summed E-state index contributed by atoms with van der Waals surface area (Å²) in [5.74, 6) is 0.681. The van der Waals surface area contributed by atoms with E-state index >= 15 is 0 Å². The van der Waals surface area contributed by atoms with Gasteiger partial charge in [-0.15, -0.1) is 0 Å². The molecule has 1 atom stereocenters. The van der Waals surface area contributed by atoms with Gasteiger partial charge in [0.2, 0.25) is 0 Å². The summed E-state index contributed by atoms with van der Waals surface area (Å²) in [6.45, 7) is 4.15. The number of hydrogen-bond donors (Lipinski definition) is 2. The number of rotatable bonds is 5. The minimum atomic E-state index is -4.12. The van der Waals surface area contributed by atoms with E-state index in [-0.39, 0.29) is 6.04 Å². The quantitative estimate of drug-likeness (QED) is 0.587. The number of nitrogens with one attached hydrogen (secondary N) is 2. The molecule has 0 radical (unpaired) electrons. The highest BCUT2D eigenvalue weighted by Gasteiger charge is 2.34. The molecule has 0 amide bonds. The molecule has 2 heterocycles. The summed E-state index contributed by atoms with van der Waals surface area (Å²) in [5, 5.41) is 6.49. The van der Waals surface area contributed by atoms with E-state index in [9.17, 15) is 13.2 Å². The van der Waals surface area contributed by atoms with E-state index in [1.807, 2.05) is 0 Å². The second kappa shape index (κ2) is 8.73. The van der Waals surface area contributed by atoms with Crippen LogP contribution in [-0.2, 0) is 0 Å². The number of guanidine groups is 1. The predicted octanol–water partition coefficient (Wildman–Crippen LogP) is 1.27. The number of likely N-dealkylation sites (tertiary alicyclic amines) is 2. The molecule has 1 unspecified atom stereocenters. The van der Waals surface area contributed by atoms with Gasteiger partial charge in [0.1, 0.15) is 0 Å². The van der Waals surface area contributed by atoms with E-state index < -0.39 is 12.7 Å². The van der Waals surface area contributed by atoms with Crippen molar-refractivity contribution in [2.45, 2.75) is 37.9 Å². The molecule has 5 nitrogen and oxygen atoms in total. The SMILES string of the molecule is CN=C(NCCN1CCCCC1)NC1CCN(CC(F)(F)F)C1. The van der Waals surface area contributed by atoms with Gasteiger partial charge in [0.15, 0.2) is 5.96 Å². The van der Waals surface area contributed by atoms with Crippen LogP contribution in [0.25, 0.3) is 0 Å². The first-order valence-corrected chi connectivity index (χ1v) is 8.45. The first-order valence-electron chi connectivity index (χ1n) is 8.45. The number of nitrogens with zero attached hydrogens (tertiary/aromatic N) is 3. The highest BCUT2D eigenvalue weighted by molar-refractivity contribution is 5.80. The lowest BCUT2D eigenvalue weighted by molar-refractivity contribution is -0.143. The highest BCUT2D eigenvalue weighted by Crippen LogP contribution is 2.19. The van der Waals surface area contributed by atoms with Crippen LogP contribution in [0, 0.1) is 0 Å². The summed E-state index contributed by atoms with van der Waals surface area (Å²) in [4.78, 5) is 8.05. The minimum Gasteiger partial charge on any atom is -0.355 e. The van der Waals surface area contributed by atoms with Crippen molar-refractivity contribution in [1.29, 1.82) is 0 Å². The van der Waals surface area contributed by atoms with Crippen LogP contribution in [0.4, 0.5) is 13.2 Å². The Balaban J connectivity index is 1.65. The molecule has 8 heteroatoms. The van der Waals surface area contributed by atoms with E-state index in [1.54, 1.807) is 7.05 Å². The third kappa shape index (κ3) is 6.95. The van der Waals surface area contributed by atoms with E-state index in [1.165, 1.54) is 24.2 Å². The Morgan fingerprint density at radius 1 is 1.13 bits per heavy atom. The van der Waals surface area contributed by atoms with Gasteiger partial charge in [-0.3, -0.25) is 9.89 Å². The Morgan fingerprint density at radius 2 is 1.87 bits per heavy atom. The second-order valence-electron chi connectivity index (χ2n) is 6.38. The maximum atomic E-state index is 12.4. The molecule has 2 saturated heterocycles. The van der Waals surface area contributed by atoms with E-state index in [0.717, 1.165) is 26.2 Å². The maximum Gasteiger partial charge on any atom is 0.401 e. The third-order valence-electron chi connectivity index (χ3n) is 4.41. The molecule has 2 fully saturated rings. The van der Waals surface area contributed by atoms with Gasteiger partial charge >= 0.3 is 6.18 Å². The Morgan fingerprint density at radius 3 is 2.52 bits per heavy atom. The lowest BCUT2D eigenvalue weighted by Crippen LogP contribution is -2.47. The van der Waals surface area contributed by atoms with Gasteiger partial charge in [0.25, 0.3) is 0 Å². The molecule has 2 rings (SSSR count). The molecule has 0 bridgehead atoms. The van der Waals surface area contributed by atoms with Crippen LogP contribution in [0.15, 0.2) is 4.99 Å². The zero-order valence-corrected chi connectivity index (χ0v) is 13.8. The molecular weight excluding hydrogens is 307 g/mol. The van der Waals surface area contributed by atoms with Crippen molar-refractivity contribution in [1.82, 2.24) is 20.4 Å². The predicted molar refractivity (Wildman–Crippen MR) is 85.7 cm³/mol. The van der Waals surface area contributed by atoms with Gasteiger partial charge in [-0.1, -0.05) is 6.42 Å². The molecule has 0 saturated carbocycles. The molecule has 0 aliphatic carbocycles. The van der Waals surface area contributed by atoms with Gasteiger partial charge in [-0.25, -0.2) is 0 Å². The fourth-order valence-electron chi connectivity index (χ4n) is 3.25.